The molecule has 0 saturated carbocycles. The summed E-state index contributed by atoms with van der Waals surface area (Å²) in [6.45, 7) is 3.95. The van der Waals surface area contributed by atoms with E-state index in [1.54, 1.807) is 23.5 Å². The molecule has 0 aliphatic rings. The van der Waals surface area contributed by atoms with Crippen molar-refractivity contribution in [3.63, 3.8) is 0 Å². The van der Waals surface area contributed by atoms with Gasteiger partial charge in [0, 0.05) is 15.4 Å². The van der Waals surface area contributed by atoms with E-state index in [-0.39, 0.29) is 5.91 Å². The van der Waals surface area contributed by atoms with Crippen molar-refractivity contribution in [3.8, 4) is 10.6 Å². The number of nitrogens with zero attached hydrogens (tertiary/aromatic N) is 2. The lowest BCUT2D eigenvalue weighted by Crippen LogP contribution is -2.11. The van der Waals surface area contributed by atoms with E-state index in [1.807, 2.05) is 31.4 Å². The number of anilines is 1. The van der Waals surface area contributed by atoms with Gasteiger partial charge in [-0.2, -0.15) is 0 Å². The topological polar surface area (TPSA) is 54.9 Å². The summed E-state index contributed by atoms with van der Waals surface area (Å²) in [6, 6.07) is 7.21. The minimum absolute atomic E-state index is 0.161. The van der Waals surface area contributed by atoms with Gasteiger partial charge in [-0.15, -0.1) is 22.7 Å². The zero-order valence-corrected chi connectivity index (χ0v) is 15.1. The number of benzene rings is 1. The van der Waals surface area contributed by atoms with Gasteiger partial charge in [-0.25, -0.2) is 9.97 Å². The maximum Gasteiger partial charge on any atom is 0.257 e. The second kappa shape index (κ2) is 6.28. The summed E-state index contributed by atoms with van der Waals surface area (Å²) < 4.78 is 0.941. The van der Waals surface area contributed by atoms with Crippen molar-refractivity contribution < 1.29 is 4.79 Å². The number of nitrogens with one attached hydrogen (secondary N) is 1. The van der Waals surface area contributed by atoms with Gasteiger partial charge in [-0.05, 0) is 38.1 Å². The molecule has 0 aliphatic heterocycles. The molecular formula is C15H12BrN3OS2. The molecule has 0 fully saturated rings. The van der Waals surface area contributed by atoms with Crippen LogP contribution in [-0.2, 0) is 0 Å². The van der Waals surface area contributed by atoms with E-state index in [1.165, 1.54) is 11.3 Å². The summed E-state index contributed by atoms with van der Waals surface area (Å²) in [7, 11) is 0. The van der Waals surface area contributed by atoms with Gasteiger partial charge < -0.3 is 0 Å². The SMILES string of the molecule is Cc1nc(C)c(-c2csc(NC(=O)c3ccc(Br)cc3)n2)s1. The Bertz CT molecular complexity index is 824. The number of hydrogen-bond donors (Lipinski definition) is 1. The third-order valence-corrected chi connectivity index (χ3v) is 5.35. The van der Waals surface area contributed by atoms with Gasteiger partial charge in [0.05, 0.1) is 21.3 Å². The molecule has 112 valence electrons. The molecule has 1 aromatic carbocycles. The normalized spacial score (nSPS) is 10.7. The number of aromatic nitrogens is 2. The van der Waals surface area contributed by atoms with Crippen LogP contribution in [0.2, 0.25) is 0 Å². The summed E-state index contributed by atoms with van der Waals surface area (Å²) in [5.41, 5.74) is 2.43. The number of rotatable bonds is 3. The van der Waals surface area contributed by atoms with Gasteiger partial charge in [0.2, 0.25) is 0 Å². The molecule has 0 bridgehead atoms. The Balaban J connectivity index is 1.78. The van der Waals surface area contributed by atoms with Crippen molar-refractivity contribution in [3.05, 3.63) is 50.4 Å². The highest BCUT2D eigenvalue weighted by molar-refractivity contribution is 9.10. The van der Waals surface area contributed by atoms with E-state index in [9.17, 15) is 4.79 Å². The van der Waals surface area contributed by atoms with E-state index in [0.29, 0.717) is 10.7 Å². The van der Waals surface area contributed by atoms with Crippen molar-refractivity contribution in [2.75, 3.05) is 5.32 Å². The van der Waals surface area contributed by atoms with Crippen LogP contribution in [0.15, 0.2) is 34.1 Å². The summed E-state index contributed by atoms with van der Waals surface area (Å²) in [5, 5.41) is 6.38. The lowest BCUT2D eigenvalue weighted by Gasteiger charge is -2.01. The van der Waals surface area contributed by atoms with Gasteiger partial charge >= 0.3 is 0 Å². The predicted octanol–water partition coefficient (Wildman–Crippen LogP) is 4.90. The first-order valence-corrected chi connectivity index (χ1v) is 8.98. The first kappa shape index (κ1) is 15.3. The van der Waals surface area contributed by atoms with E-state index < -0.39 is 0 Å². The molecule has 3 rings (SSSR count). The fourth-order valence-corrected chi connectivity index (χ4v) is 3.89. The molecular weight excluding hydrogens is 382 g/mol. The standard InChI is InChI=1S/C15H12BrN3OS2/c1-8-13(22-9(2)17-8)12-7-21-15(18-12)19-14(20)10-3-5-11(16)6-4-10/h3-7H,1-2H3,(H,18,19,20). The van der Waals surface area contributed by atoms with Gasteiger partial charge in [0.15, 0.2) is 5.13 Å². The number of hydrogen-bond acceptors (Lipinski definition) is 5. The van der Waals surface area contributed by atoms with E-state index in [0.717, 1.165) is 25.7 Å². The van der Waals surface area contributed by atoms with Crippen LogP contribution in [0.3, 0.4) is 0 Å². The second-order valence-electron chi connectivity index (χ2n) is 4.65. The van der Waals surface area contributed by atoms with Crippen molar-refractivity contribution in [1.29, 1.82) is 0 Å². The molecule has 0 aliphatic carbocycles. The number of thiazole rings is 2. The molecule has 1 amide bonds. The summed E-state index contributed by atoms with van der Waals surface area (Å²) in [5.74, 6) is -0.161. The van der Waals surface area contributed by atoms with Crippen molar-refractivity contribution in [2.45, 2.75) is 13.8 Å². The van der Waals surface area contributed by atoms with Crippen LogP contribution < -0.4 is 5.32 Å². The fourth-order valence-electron chi connectivity index (χ4n) is 1.97. The Hall–Kier alpha value is -1.57. The summed E-state index contributed by atoms with van der Waals surface area (Å²) in [6.07, 6.45) is 0. The number of halogens is 1. The lowest BCUT2D eigenvalue weighted by molar-refractivity contribution is 0.102. The number of carbonyl (C=O) groups excluding carboxylic acids is 1. The van der Waals surface area contributed by atoms with Crippen molar-refractivity contribution >= 4 is 49.6 Å². The Morgan fingerprint density at radius 2 is 1.91 bits per heavy atom. The minimum atomic E-state index is -0.161. The van der Waals surface area contributed by atoms with Gasteiger partial charge in [-0.1, -0.05) is 15.9 Å². The molecule has 0 unspecified atom stereocenters. The van der Waals surface area contributed by atoms with Crippen LogP contribution >= 0.6 is 38.6 Å². The molecule has 4 nitrogen and oxygen atoms in total. The highest BCUT2D eigenvalue weighted by Gasteiger charge is 2.13. The van der Waals surface area contributed by atoms with E-state index >= 15 is 0 Å². The van der Waals surface area contributed by atoms with Crippen LogP contribution in [0, 0.1) is 13.8 Å². The average Bonchev–Trinajstić information content (AvgIpc) is 3.06. The molecule has 7 heteroatoms. The minimum Gasteiger partial charge on any atom is -0.298 e. The molecule has 0 radical (unpaired) electrons. The van der Waals surface area contributed by atoms with Gasteiger partial charge in [0.1, 0.15) is 0 Å². The fraction of sp³-hybridized carbons (Fsp3) is 0.133. The molecule has 2 aromatic heterocycles. The van der Waals surface area contributed by atoms with E-state index in [4.69, 9.17) is 0 Å². The Labute approximate surface area is 144 Å². The molecule has 1 N–H and O–H groups in total. The number of aryl methyl sites for hydroxylation is 2. The summed E-state index contributed by atoms with van der Waals surface area (Å²) in [4.78, 5) is 22.1. The smallest absolute Gasteiger partial charge is 0.257 e. The average molecular weight is 394 g/mol. The molecule has 3 aromatic rings. The Morgan fingerprint density at radius 3 is 2.55 bits per heavy atom. The number of carbonyl (C=O) groups is 1. The van der Waals surface area contributed by atoms with Crippen LogP contribution in [0.25, 0.3) is 10.6 Å². The Kier molecular flexibility index (Phi) is 4.37. The highest BCUT2D eigenvalue weighted by Crippen LogP contribution is 2.32. The molecule has 0 spiro atoms. The zero-order chi connectivity index (χ0) is 15.7. The molecule has 0 atom stereocenters. The molecule has 22 heavy (non-hydrogen) atoms. The Morgan fingerprint density at radius 1 is 1.18 bits per heavy atom. The number of amides is 1. The quantitative estimate of drug-likeness (QED) is 0.688. The summed E-state index contributed by atoms with van der Waals surface area (Å²) >= 11 is 6.38. The lowest BCUT2D eigenvalue weighted by atomic mass is 10.2. The van der Waals surface area contributed by atoms with Crippen LogP contribution in [0.4, 0.5) is 5.13 Å². The maximum atomic E-state index is 12.2. The first-order chi connectivity index (χ1) is 10.5. The highest BCUT2D eigenvalue weighted by atomic mass is 79.9. The third-order valence-electron chi connectivity index (χ3n) is 2.97. The first-order valence-electron chi connectivity index (χ1n) is 6.50. The van der Waals surface area contributed by atoms with Gasteiger partial charge in [0.25, 0.3) is 5.91 Å². The van der Waals surface area contributed by atoms with Crippen LogP contribution in [0.5, 0.6) is 0 Å². The monoisotopic (exact) mass is 393 g/mol. The maximum absolute atomic E-state index is 12.2. The van der Waals surface area contributed by atoms with Crippen molar-refractivity contribution in [1.82, 2.24) is 9.97 Å². The molecule has 2 heterocycles. The largest absolute Gasteiger partial charge is 0.298 e. The van der Waals surface area contributed by atoms with Crippen molar-refractivity contribution in [2.24, 2.45) is 0 Å². The zero-order valence-electron chi connectivity index (χ0n) is 11.9. The predicted molar refractivity (Wildman–Crippen MR) is 94.8 cm³/mol. The molecule has 0 saturated heterocycles. The van der Waals surface area contributed by atoms with Gasteiger partial charge in [-0.3, -0.25) is 10.1 Å². The van der Waals surface area contributed by atoms with Crippen LogP contribution in [-0.4, -0.2) is 15.9 Å². The second-order valence-corrected chi connectivity index (χ2v) is 7.62. The third kappa shape index (κ3) is 3.26. The van der Waals surface area contributed by atoms with Crippen LogP contribution in [0.1, 0.15) is 21.1 Å². The van der Waals surface area contributed by atoms with E-state index in [2.05, 4.69) is 31.2 Å².